The zero-order valence-corrected chi connectivity index (χ0v) is 23.4. The van der Waals surface area contributed by atoms with Crippen LogP contribution in [0.5, 0.6) is 5.75 Å². The summed E-state index contributed by atoms with van der Waals surface area (Å²) in [5, 5.41) is 0. The highest BCUT2D eigenvalue weighted by Crippen LogP contribution is 2.45. The zero-order chi connectivity index (χ0) is 27.8. The summed E-state index contributed by atoms with van der Waals surface area (Å²) in [5.74, 6) is 2.84. The maximum absolute atomic E-state index is 13.8. The first-order valence-electron chi connectivity index (χ1n) is 13.9. The molecule has 3 aromatic carbocycles. The topological polar surface area (TPSA) is 38.8 Å². The van der Waals surface area contributed by atoms with E-state index < -0.39 is 0 Å². The SMILES string of the molecule is CCN(CC)c1ccc2c(c1)OC(=CC1=CC(=C3C(=O)c4ccccc4C3c3ccccc3)C=C(C)O1)C=C2C. The van der Waals surface area contributed by atoms with Crippen molar-refractivity contribution in [2.24, 2.45) is 0 Å². The molecule has 1 aliphatic carbocycles. The molecule has 2 heterocycles. The summed E-state index contributed by atoms with van der Waals surface area (Å²) in [4.78, 5) is 16.1. The second kappa shape index (κ2) is 10.5. The molecule has 0 spiro atoms. The molecule has 1 atom stereocenters. The molecular formula is C36H33NO3. The summed E-state index contributed by atoms with van der Waals surface area (Å²) in [5.41, 5.74) is 7.91. The lowest BCUT2D eigenvalue weighted by Crippen LogP contribution is -2.21. The first-order valence-corrected chi connectivity index (χ1v) is 13.9. The minimum atomic E-state index is -0.134. The highest BCUT2D eigenvalue weighted by atomic mass is 16.5. The number of hydrogen-bond acceptors (Lipinski definition) is 4. The molecule has 0 N–H and O–H groups in total. The van der Waals surface area contributed by atoms with Gasteiger partial charge in [-0.2, -0.15) is 0 Å². The van der Waals surface area contributed by atoms with E-state index in [0.29, 0.717) is 11.5 Å². The van der Waals surface area contributed by atoms with Crippen LogP contribution in [0.25, 0.3) is 5.57 Å². The number of Topliss-reactive ketones (excluding diaryl/α,β-unsaturated/α-hetero) is 1. The first-order chi connectivity index (χ1) is 19.5. The van der Waals surface area contributed by atoms with Gasteiger partial charge in [0, 0.05) is 53.5 Å². The smallest absolute Gasteiger partial charge is 0.190 e. The quantitative estimate of drug-likeness (QED) is 0.313. The van der Waals surface area contributed by atoms with Gasteiger partial charge in [-0.3, -0.25) is 4.79 Å². The molecule has 200 valence electrons. The summed E-state index contributed by atoms with van der Waals surface area (Å²) in [6, 6.07) is 24.6. The van der Waals surface area contributed by atoms with Gasteiger partial charge in [0.25, 0.3) is 0 Å². The molecule has 0 saturated carbocycles. The van der Waals surface area contributed by atoms with Crippen molar-refractivity contribution >= 4 is 17.0 Å². The Morgan fingerprint density at radius 1 is 0.825 bits per heavy atom. The van der Waals surface area contributed by atoms with E-state index in [1.165, 1.54) is 0 Å². The Hall–Kier alpha value is -4.57. The Bertz CT molecular complexity index is 1650. The van der Waals surface area contributed by atoms with Crippen molar-refractivity contribution in [1.29, 1.82) is 0 Å². The van der Waals surface area contributed by atoms with Crippen molar-refractivity contribution in [1.82, 2.24) is 0 Å². The average molecular weight is 528 g/mol. The predicted molar refractivity (Wildman–Crippen MR) is 161 cm³/mol. The van der Waals surface area contributed by atoms with Gasteiger partial charge in [0.1, 0.15) is 23.0 Å². The van der Waals surface area contributed by atoms with Crippen LogP contribution >= 0.6 is 0 Å². The average Bonchev–Trinajstić information content (AvgIpc) is 3.26. The number of nitrogens with zero attached hydrogens (tertiary/aromatic N) is 1. The van der Waals surface area contributed by atoms with Gasteiger partial charge in [0.05, 0.1) is 0 Å². The number of fused-ring (bicyclic) bond motifs is 2. The summed E-state index contributed by atoms with van der Waals surface area (Å²) in [6.45, 7) is 10.2. The fraction of sp³-hybridized carbons (Fsp3) is 0.194. The highest BCUT2D eigenvalue weighted by Gasteiger charge is 2.37. The van der Waals surface area contributed by atoms with E-state index in [9.17, 15) is 4.79 Å². The molecule has 0 amide bonds. The van der Waals surface area contributed by atoms with Crippen LogP contribution in [0.15, 0.2) is 126 Å². The van der Waals surface area contributed by atoms with Crippen LogP contribution in [0.3, 0.4) is 0 Å². The van der Waals surface area contributed by atoms with E-state index >= 15 is 0 Å². The molecule has 0 radical (unpaired) electrons. The summed E-state index contributed by atoms with van der Waals surface area (Å²) < 4.78 is 12.5. The van der Waals surface area contributed by atoms with Gasteiger partial charge in [-0.1, -0.05) is 54.6 Å². The lowest BCUT2D eigenvalue weighted by Gasteiger charge is -2.25. The van der Waals surface area contributed by atoms with Gasteiger partial charge >= 0.3 is 0 Å². The van der Waals surface area contributed by atoms with E-state index in [1.807, 2.05) is 67.6 Å². The van der Waals surface area contributed by atoms with Gasteiger partial charge in [0.15, 0.2) is 5.78 Å². The molecule has 3 aliphatic rings. The van der Waals surface area contributed by atoms with Crippen LogP contribution in [-0.2, 0) is 4.74 Å². The minimum Gasteiger partial charge on any atom is -0.462 e. The number of rotatable bonds is 5. The summed E-state index contributed by atoms with van der Waals surface area (Å²) >= 11 is 0. The maximum atomic E-state index is 13.8. The number of carbonyl (C=O) groups excluding carboxylic acids is 1. The number of allylic oxidation sites excluding steroid dienone is 8. The lowest BCUT2D eigenvalue weighted by atomic mass is 9.86. The largest absolute Gasteiger partial charge is 0.462 e. The first kappa shape index (κ1) is 25.7. The molecule has 6 rings (SSSR count). The molecule has 0 aromatic heterocycles. The van der Waals surface area contributed by atoms with Crippen LogP contribution in [0.2, 0.25) is 0 Å². The number of ether oxygens (including phenoxy) is 2. The molecule has 0 fully saturated rings. The Labute approximate surface area is 236 Å². The van der Waals surface area contributed by atoms with Crippen molar-refractivity contribution in [3.05, 3.63) is 148 Å². The minimum absolute atomic E-state index is 0.0659. The fourth-order valence-electron chi connectivity index (χ4n) is 5.93. The maximum Gasteiger partial charge on any atom is 0.190 e. The normalized spacial score (nSPS) is 20.6. The molecule has 2 aliphatic heterocycles. The summed E-state index contributed by atoms with van der Waals surface area (Å²) in [7, 11) is 0. The van der Waals surface area contributed by atoms with Crippen LogP contribution in [0.4, 0.5) is 5.69 Å². The van der Waals surface area contributed by atoms with Gasteiger partial charge in [-0.15, -0.1) is 0 Å². The highest BCUT2D eigenvalue weighted by molar-refractivity contribution is 6.16. The zero-order valence-electron chi connectivity index (χ0n) is 23.4. The van der Waals surface area contributed by atoms with Gasteiger partial charge < -0.3 is 14.4 Å². The third-order valence-electron chi connectivity index (χ3n) is 7.82. The van der Waals surface area contributed by atoms with E-state index in [4.69, 9.17) is 9.47 Å². The molecule has 4 heteroatoms. The Morgan fingerprint density at radius 3 is 2.35 bits per heavy atom. The van der Waals surface area contributed by atoms with Crippen LogP contribution in [0.1, 0.15) is 60.7 Å². The van der Waals surface area contributed by atoms with Crippen LogP contribution < -0.4 is 9.64 Å². The van der Waals surface area contributed by atoms with Crippen molar-refractivity contribution in [3.63, 3.8) is 0 Å². The lowest BCUT2D eigenvalue weighted by molar-refractivity contribution is 0.103. The van der Waals surface area contributed by atoms with Crippen molar-refractivity contribution < 1.29 is 14.3 Å². The van der Waals surface area contributed by atoms with Gasteiger partial charge in [-0.05, 0) is 80.3 Å². The number of anilines is 1. The van der Waals surface area contributed by atoms with Crippen molar-refractivity contribution in [2.45, 2.75) is 33.6 Å². The molecule has 0 saturated heterocycles. The molecular weight excluding hydrogens is 494 g/mol. The Balaban J connectivity index is 1.41. The van der Waals surface area contributed by atoms with E-state index in [1.54, 1.807) is 0 Å². The van der Waals surface area contributed by atoms with Crippen molar-refractivity contribution in [3.8, 4) is 5.75 Å². The second-order valence-corrected chi connectivity index (χ2v) is 10.4. The van der Waals surface area contributed by atoms with E-state index in [2.05, 4.69) is 62.1 Å². The van der Waals surface area contributed by atoms with Crippen LogP contribution in [0, 0.1) is 0 Å². The monoisotopic (exact) mass is 527 g/mol. The third-order valence-corrected chi connectivity index (χ3v) is 7.82. The number of ketones is 1. The van der Waals surface area contributed by atoms with E-state index in [-0.39, 0.29) is 11.7 Å². The fourth-order valence-corrected chi connectivity index (χ4v) is 5.93. The Morgan fingerprint density at radius 2 is 1.57 bits per heavy atom. The molecule has 4 nitrogen and oxygen atoms in total. The molecule has 1 unspecified atom stereocenters. The predicted octanol–water partition coefficient (Wildman–Crippen LogP) is 8.36. The van der Waals surface area contributed by atoms with Gasteiger partial charge in [0.2, 0.25) is 0 Å². The number of benzene rings is 3. The molecule has 0 bridgehead atoms. The van der Waals surface area contributed by atoms with Crippen molar-refractivity contribution in [2.75, 3.05) is 18.0 Å². The second-order valence-electron chi connectivity index (χ2n) is 10.4. The number of hydrogen-bond donors (Lipinski definition) is 0. The van der Waals surface area contributed by atoms with Crippen LogP contribution in [-0.4, -0.2) is 18.9 Å². The van der Waals surface area contributed by atoms with Gasteiger partial charge in [-0.25, -0.2) is 0 Å². The molecule has 3 aromatic rings. The Kier molecular flexibility index (Phi) is 6.77. The molecule has 40 heavy (non-hydrogen) atoms. The van der Waals surface area contributed by atoms with E-state index in [0.717, 1.165) is 69.3 Å². The standard InChI is InChI=1S/C36H33NO3/c1-5-37(6-2)27-16-17-30-23(3)18-28(40-33(30)21-27)22-29-20-26(19-24(4)39-29)35-34(25-12-8-7-9-13-25)31-14-10-11-15-32(31)36(35)38/h7-22,34H,5-6H2,1-4H3. The number of carbonyl (C=O) groups is 1. The summed E-state index contributed by atoms with van der Waals surface area (Å²) in [6.07, 6.45) is 7.88. The third kappa shape index (κ3) is 4.60.